The second kappa shape index (κ2) is 7.55. The van der Waals surface area contributed by atoms with Gasteiger partial charge in [-0.1, -0.05) is 66.7 Å². The van der Waals surface area contributed by atoms with Gasteiger partial charge in [-0.25, -0.2) is 0 Å². The van der Waals surface area contributed by atoms with Crippen LogP contribution in [0.5, 0.6) is 0 Å². The Morgan fingerprint density at radius 2 is 1.35 bits per heavy atom. The number of hydrogen-bond donors (Lipinski definition) is 0. The first-order valence-corrected chi connectivity index (χ1v) is 13.3. The van der Waals surface area contributed by atoms with Gasteiger partial charge in [-0.15, -0.1) is 11.3 Å². The highest BCUT2D eigenvalue weighted by Gasteiger charge is 2.26. The smallest absolute Gasteiger partial charge is 0.257 e. The van der Waals surface area contributed by atoms with Gasteiger partial charge >= 0.3 is 0 Å². The van der Waals surface area contributed by atoms with Crippen LogP contribution in [0.3, 0.4) is 0 Å². The quantitative estimate of drug-likeness (QED) is 0.220. The number of hydrogen-bond acceptors (Lipinski definition) is 2. The Balaban J connectivity index is 1.50. The van der Waals surface area contributed by atoms with Crippen LogP contribution in [0.1, 0.15) is 5.56 Å². The van der Waals surface area contributed by atoms with Crippen molar-refractivity contribution in [1.29, 1.82) is 0 Å². The van der Waals surface area contributed by atoms with Crippen LogP contribution in [0.2, 0.25) is 0 Å². The fraction of sp³-hybridized carbons (Fsp3) is 0.0606. The van der Waals surface area contributed by atoms with Crippen LogP contribution in [-0.4, -0.2) is 4.57 Å². The molecule has 4 heterocycles. The molecule has 37 heavy (non-hydrogen) atoms. The fourth-order valence-electron chi connectivity index (χ4n) is 5.95. The predicted molar refractivity (Wildman–Crippen MR) is 155 cm³/mol. The van der Waals surface area contributed by atoms with E-state index in [-0.39, 0.29) is 0 Å². The molecule has 3 nitrogen and oxygen atoms in total. The van der Waals surface area contributed by atoms with Crippen LogP contribution in [0.4, 0.5) is 0 Å². The van der Waals surface area contributed by atoms with Gasteiger partial charge in [0.25, 0.3) is 5.69 Å². The molecule has 8 aromatic rings. The van der Waals surface area contributed by atoms with Crippen molar-refractivity contribution < 1.29 is 8.98 Å². The maximum absolute atomic E-state index is 6.49. The van der Waals surface area contributed by atoms with E-state index in [0.29, 0.717) is 0 Å². The van der Waals surface area contributed by atoms with E-state index in [9.17, 15) is 0 Å². The summed E-state index contributed by atoms with van der Waals surface area (Å²) < 4.78 is 13.7. The first-order chi connectivity index (χ1) is 18.2. The number of thiophene rings is 1. The highest BCUT2D eigenvalue weighted by Crippen LogP contribution is 2.44. The van der Waals surface area contributed by atoms with Gasteiger partial charge in [0.2, 0.25) is 5.76 Å². The van der Waals surface area contributed by atoms with E-state index in [1.165, 1.54) is 58.6 Å². The Kier molecular flexibility index (Phi) is 4.23. The average molecular weight is 496 g/mol. The summed E-state index contributed by atoms with van der Waals surface area (Å²) >= 11 is 1.86. The van der Waals surface area contributed by atoms with Crippen molar-refractivity contribution in [2.75, 3.05) is 0 Å². The first kappa shape index (κ1) is 20.7. The Morgan fingerprint density at radius 3 is 2.08 bits per heavy atom. The number of rotatable bonds is 2. The normalized spacial score (nSPS) is 12.1. The highest BCUT2D eigenvalue weighted by molar-refractivity contribution is 7.26. The minimum atomic E-state index is 0.928. The SMILES string of the molecule is Cc1c(-c2c3c(cc[n+]2C)sc2c(-n4c5ccccc5c5ccccc54)cccc23)oc2ccccc12. The summed E-state index contributed by atoms with van der Waals surface area (Å²) in [5, 5.41) is 6.22. The molecule has 0 atom stereocenters. The van der Waals surface area contributed by atoms with Crippen LogP contribution < -0.4 is 4.57 Å². The van der Waals surface area contributed by atoms with Gasteiger partial charge in [0.05, 0.1) is 26.8 Å². The second-order valence-electron chi connectivity index (χ2n) is 9.69. The molecule has 0 aliphatic carbocycles. The topological polar surface area (TPSA) is 21.9 Å². The zero-order valence-electron chi connectivity index (χ0n) is 20.5. The predicted octanol–water partition coefficient (Wildman–Crippen LogP) is 8.70. The molecular weight excluding hydrogens is 472 g/mol. The number of aromatic nitrogens is 2. The number of nitrogens with zero attached hydrogens (tertiary/aromatic N) is 2. The summed E-state index contributed by atoms with van der Waals surface area (Å²) in [5.74, 6) is 0.941. The van der Waals surface area contributed by atoms with E-state index >= 15 is 0 Å². The van der Waals surface area contributed by atoms with Crippen molar-refractivity contribution in [2.45, 2.75) is 6.92 Å². The zero-order valence-corrected chi connectivity index (χ0v) is 21.3. The maximum Gasteiger partial charge on any atom is 0.257 e. The molecule has 176 valence electrons. The molecular formula is C33H23N2OS+. The summed E-state index contributed by atoms with van der Waals surface area (Å²) in [6, 6.07) is 34.7. The van der Waals surface area contributed by atoms with Gasteiger partial charge in [0.15, 0.2) is 6.20 Å². The Morgan fingerprint density at radius 1 is 0.703 bits per heavy atom. The number of furan rings is 1. The van der Waals surface area contributed by atoms with Crippen LogP contribution in [0.25, 0.3) is 70.1 Å². The van der Waals surface area contributed by atoms with Crippen molar-refractivity contribution >= 4 is 64.3 Å². The number of aryl methyl sites for hydroxylation is 2. The van der Waals surface area contributed by atoms with Crippen LogP contribution in [-0.2, 0) is 7.05 Å². The standard InChI is InChI=1S/C33H23N2OS/c1-20-21-10-5-8-17-28(21)36-32(20)31-30-24-13-9-16-27(33(24)37-29(30)18-19-34(31)2)35-25-14-6-3-11-22(25)23-12-4-7-15-26(23)35/h3-19H,1-2H3/q+1. The molecule has 0 radical (unpaired) electrons. The molecule has 8 rings (SSSR count). The molecule has 0 saturated heterocycles. The number of pyridine rings is 1. The molecule has 4 aromatic heterocycles. The third kappa shape index (κ3) is 2.79. The van der Waals surface area contributed by atoms with E-state index in [1.54, 1.807) is 0 Å². The molecule has 0 fully saturated rings. The van der Waals surface area contributed by atoms with Gasteiger partial charge in [0, 0.05) is 37.9 Å². The summed E-state index contributed by atoms with van der Waals surface area (Å²) in [6.07, 6.45) is 2.15. The third-order valence-corrected chi connectivity index (χ3v) is 8.83. The van der Waals surface area contributed by atoms with E-state index in [2.05, 4.69) is 120 Å². The number of benzene rings is 4. The summed E-state index contributed by atoms with van der Waals surface area (Å²) in [4.78, 5) is 0. The second-order valence-corrected chi connectivity index (χ2v) is 10.7. The molecule has 0 aliphatic rings. The molecule has 0 amide bonds. The lowest BCUT2D eigenvalue weighted by Crippen LogP contribution is -2.30. The lowest BCUT2D eigenvalue weighted by molar-refractivity contribution is -0.659. The Labute approximate surface area is 217 Å². The molecule has 0 spiro atoms. The minimum Gasteiger partial charge on any atom is -0.449 e. The molecule has 0 N–H and O–H groups in total. The van der Waals surface area contributed by atoms with Gasteiger partial charge in [-0.05, 0) is 31.2 Å². The van der Waals surface area contributed by atoms with Gasteiger partial charge < -0.3 is 8.98 Å². The lowest BCUT2D eigenvalue weighted by Gasteiger charge is -2.09. The molecule has 0 aliphatic heterocycles. The fourth-order valence-corrected chi connectivity index (χ4v) is 7.15. The molecule has 0 bridgehead atoms. The van der Waals surface area contributed by atoms with Crippen molar-refractivity contribution in [3.63, 3.8) is 0 Å². The van der Waals surface area contributed by atoms with Crippen molar-refractivity contribution in [2.24, 2.45) is 7.05 Å². The van der Waals surface area contributed by atoms with Gasteiger partial charge in [-0.3, -0.25) is 0 Å². The number of para-hydroxylation sites is 3. The van der Waals surface area contributed by atoms with Crippen molar-refractivity contribution in [3.8, 4) is 17.1 Å². The summed E-state index contributed by atoms with van der Waals surface area (Å²) in [5.41, 5.74) is 6.90. The van der Waals surface area contributed by atoms with E-state index in [0.717, 1.165) is 17.0 Å². The first-order valence-electron chi connectivity index (χ1n) is 12.5. The van der Waals surface area contributed by atoms with Crippen molar-refractivity contribution in [1.82, 2.24) is 4.57 Å². The highest BCUT2D eigenvalue weighted by atomic mass is 32.1. The monoisotopic (exact) mass is 495 g/mol. The summed E-state index contributed by atoms with van der Waals surface area (Å²) in [7, 11) is 2.11. The minimum absolute atomic E-state index is 0.928. The Bertz CT molecular complexity index is 2120. The lowest BCUT2D eigenvalue weighted by atomic mass is 10.0. The zero-order chi connectivity index (χ0) is 24.7. The van der Waals surface area contributed by atoms with Gasteiger partial charge in [-0.2, -0.15) is 4.57 Å². The molecule has 0 saturated carbocycles. The average Bonchev–Trinajstić information content (AvgIpc) is 3.59. The molecule has 4 heteroatoms. The summed E-state index contributed by atoms with van der Waals surface area (Å²) in [6.45, 7) is 2.16. The van der Waals surface area contributed by atoms with Gasteiger partial charge in [0.1, 0.15) is 12.6 Å². The van der Waals surface area contributed by atoms with E-state index in [4.69, 9.17) is 4.42 Å². The van der Waals surface area contributed by atoms with Crippen LogP contribution in [0.15, 0.2) is 108 Å². The molecule has 0 unspecified atom stereocenters. The van der Waals surface area contributed by atoms with E-state index in [1.807, 2.05) is 17.4 Å². The van der Waals surface area contributed by atoms with Crippen molar-refractivity contribution in [3.05, 3.63) is 109 Å². The van der Waals surface area contributed by atoms with Crippen LogP contribution in [0, 0.1) is 6.92 Å². The third-order valence-electron chi connectivity index (χ3n) is 7.64. The number of fused-ring (bicyclic) bond motifs is 7. The van der Waals surface area contributed by atoms with Crippen LogP contribution >= 0.6 is 11.3 Å². The Hall–Kier alpha value is -4.41. The molecule has 4 aromatic carbocycles. The maximum atomic E-state index is 6.49. The largest absolute Gasteiger partial charge is 0.449 e. The van der Waals surface area contributed by atoms with E-state index < -0.39 is 0 Å².